The van der Waals surface area contributed by atoms with Gasteiger partial charge in [0.05, 0.1) is 97.3 Å². The third-order valence-electron chi connectivity index (χ3n) is 14.0. The Morgan fingerprint density at radius 1 is 0.534 bits per heavy atom. The Morgan fingerprint density at radius 3 is 1.43 bits per heavy atom. The van der Waals surface area contributed by atoms with Gasteiger partial charge >= 0.3 is 19.5 Å². The van der Waals surface area contributed by atoms with E-state index >= 15 is 8.78 Å². The number of fused-ring (bicyclic) bond motifs is 2. The zero-order valence-corrected chi connectivity index (χ0v) is 48.4. The summed E-state index contributed by atoms with van der Waals surface area (Å²) in [5.74, 6) is -1.55. The van der Waals surface area contributed by atoms with E-state index in [1.165, 1.54) is 18.3 Å². The predicted octanol–water partition coefficient (Wildman–Crippen LogP) is 12.2. The van der Waals surface area contributed by atoms with Crippen LogP contribution in [0, 0.1) is 40.7 Å². The molecule has 452 valence electrons. The monoisotopic (exact) mass is 1330 g/mol. The van der Waals surface area contributed by atoms with Gasteiger partial charge in [-0.3, -0.25) is 19.9 Å². The summed E-state index contributed by atoms with van der Waals surface area (Å²) in [5, 5.41) is 24.1. The number of aromatic nitrogens is 8. The van der Waals surface area contributed by atoms with Crippen molar-refractivity contribution in [1.82, 2.24) is 39.9 Å². The molecule has 0 bridgehead atoms. The average Bonchev–Trinajstić information content (AvgIpc) is 1.02. The largest absolute Gasteiger partial charge is 0.490 e. The van der Waals surface area contributed by atoms with Gasteiger partial charge in [-0.2, -0.15) is 26.3 Å². The third kappa shape index (κ3) is 14.3. The molecule has 10 aromatic rings. The summed E-state index contributed by atoms with van der Waals surface area (Å²) in [6, 6.07) is 22.3. The smallest absolute Gasteiger partial charge is 0.423 e. The molecule has 2 saturated heterocycles. The fraction of sp³-hybridized carbons (Fsp3) is 0.200. The van der Waals surface area contributed by atoms with Crippen LogP contribution in [0.2, 0.25) is 0 Å². The van der Waals surface area contributed by atoms with Crippen molar-refractivity contribution < 1.29 is 63.4 Å². The van der Waals surface area contributed by atoms with E-state index in [9.17, 15) is 35.1 Å². The van der Waals surface area contributed by atoms with Gasteiger partial charge in [0.2, 0.25) is 0 Å². The third-order valence-corrected chi connectivity index (χ3v) is 14.8. The maximum absolute atomic E-state index is 15.4. The lowest BCUT2D eigenvalue weighted by Gasteiger charge is -2.28. The van der Waals surface area contributed by atoms with Crippen LogP contribution in [0.25, 0.3) is 55.7 Å². The second-order valence-corrected chi connectivity index (χ2v) is 20.9. The Kier molecular flexibility index (Phi) is 18.9. The van der Waals surface area contributed by atoms with Crippen LogP contribution < -0.4 is 25.9 Å². The summed E-state index contributed by atoms with van der Waals surface area (Å²) in [6.07, 6.45) is -0.639. The highest BCUT2D eigenvalue weighted by Crippen LogP contribution is 2.42. The first-order chi connectivity index (χ1) is 42.1. The molecule has 88 heavy (non-hydrogen) atoms. The minimum Gasteiger partial charge on any atom is -0.423 e. The van der Waals surface area contributed by atoms with Gasteiger partial charge in [0.15, 0.2) is 0 Å². The number of hydrogen-bond acceptors (Lipinski definition) is 16. The SMILES string of the molecule is Cc1c(-c2ccccn2)nc2cc(F)cc(F)c2c1Nc1cc(N2CCOCC2)ncc1-c1ccc(C(F)(F)F)nc1.Cc1c(-c2ccccn2)nc2cc(F)cc(F)c2c1Nc1cc(N2CCOCC2)ncc1I.OB(O)c1ccc(C(F)(F)F)nc1. The molecule has 0 spiro atoms. The molecule has 10 heterocycles. The molecular formula is C60H48BF10IN12O4. The molecule has 0 atom stereocenters. The van der Waals surface area contributed by atoms with Crippen LogP contribution in [0.15, 0.2) is 134 Å². The van der Waals surface area contributed by atoms with Gasteiger partial charge in [-0.1, -0.05) is 24.3 Å². The molecule has 16 nitrogen and oxygen atoms in total. The predicted molar refractivity (Wildman–Crippen MR) is 320 cm³/mol. The van der Waals surface area contributed by atoms with Crippen molar-refractivity contribution >= 4 is 91.4 Å². The fourth-order valence-electron chi connectivity index (χ4n) is 9.58. The first kappa shape index (κ1) is 62.4. The quantitative estimate of drug-likeness (QED) is 0.0573. The van der Waals surface area contributed by atoms with E-state index < -0.39 is 54.1 Å². The van der Waals surface area contributed by atoms with E-state index in [0.29, 0.717) is 113 Å². The highest BCUT2D eigenvalue weighted by atomic mass is 127. The van der Waals surface area contributed by atoms with Gasteiger partial charge in [0, 0.05) is 127 Å². The van der Waals surface area contributed by atoms with E-state index in [0.717, 1.165) is 70.9 Å². The van der Waals surface area contributed by atoms with Gasteiger partial charge < -0.3 is 40.0 Å². The minimum atomic E-state index is -4.60. The lowest BCUT2D eigenvalue weighted by molar-refractivity contribution is -0.141. The number of nitrogens with zero attached hydrogens (tertiary/aromatic N) is 10. The molecule has 2 fully saturated rings. The average molecular weight is 1330 g/mol. The fourth-order valence-corrected chi connectivity index (χ4v) is 10.0. The van der Waals surface area contributed by atoms with E-state index in [4.69, 9.17) is 19.5 Å². The van der Waals surface area contributed by atoms with Crippen LogP contribution in [0.4, 0.5) is 78.3 Å². The van der Waals surface area contributed by atoms with Crippen LogP contribution in [-0.2, 0) is 21.8 Å². The summed E-state index contributed by atoms with van der Waals surface area (Å²) >= 11 is 2.19. The molecule has 0 saturated carbocycles. The number of halogens is 11. The number of benzene rings is 2. The van der Waals surface area contributed by atoms with Crippen molar-refractivity contribution in [3.63, 3.8) is 0 Å². The molecule has 4 N–H and O–H groups in total. The number of pyridine rings is 8. The summed E-state index contributed by atoms with van der Waals surface area (Å²) in [6.45, 7) is 8.59. The zero-order chi connectivity index (χ0) is 62.4. The van der Waals surface area contributed by atoms with Gasteiger partial charge in [-0.15, -0.1) is 0 Å². The second kappa shape index (κ2) is 26.7. The molecule has 0 unspecified atom stereocenters. The Morgan fingerprint density at radius 2 is 1.00 bits per heavy atom. The topological polar surface area (TPSA) is 193 Å². The Hall–Kier alpha value is -8.71. The Bertz CT molecular complexity index is 4120. The lowest BCUT2D eigenvalue weighted by atomic mass is 9.82. The number of ether oxygens (including phenoxy) is 2. The summed E-state index contributed by atoms with van der Waals surface area (Å²) in [4.78, 5) is 37.8. The standard InChI is InChI=1S/C30H23F5N6O.C24H20F2IN5O.C6H5BF3NO2/c1-17-28(22-4-2-3-7-36-22)40-24-13-19(31)12-21(32)27(24)29(17)39-23-14-26(41-8-10-42-11-9-41)38-16-20(23)18-5-6-25(37-15-18)30(33,34)35;1-14-23(18-4-2-3-5-28-18)31-20-11-15(25)10-16(26)22(20)24(14)30-19-12-21(29-13-17(19)27)32-6-8-33-9-7-32;8-6(9,10)5-2-1-4(3-11-5)7(12)13/h2-7,12-16H,8-11H2,1H3,(H,38,39,40);2-5,10-13H,6-9H2,1H3,(H,29,30,31);1-3,12-13H. The van der Waals surface area contributed by atoms with Gasteiger partial charge in [0.25, 0.3) is 0 Å². The van der Waals surface area contributed by atoms with Crippen LogP contribution in [-0.4, -0.2) is 110 Å². The van der Waals surface area contributed by atoms with E-state index in [2.05, 4.69) is 78.0 Å². The number of morpholine rings is 2. The molecule has 8 aromatic heterocycles. The van der Waals surface area contributed by atoms with Crippen molar-refractivity contribution in [2.45, 2.75) is 26.2 Å². The van der Waals surface area contributed by atoms with Crippen LogP contribution in [0.3, 0.4) is 0 Å². The number of anilines is 6. The van der Waals surface area contributed by atoms with Crippen LogP contribution >= 0.6 is 22.6 Å². The molecule has 0 amide bonds. The summed E-state index contributed by atoms with van der Waals surface area (Å²) in [7, 11) is -1.80. The number of hydrogen-bond donors (Lipinski definition) is 4. The molecule has 0 radical (unpaired) electrons. The highest BCUT2D eigenvalue weighted by molar-refractivity contribution is 14.1. The normalized spacial score (nSPS) is 13.6. The van der Waals surface area contributed by atoms with Crippen molar-refractivity contribution in [2.75, 3.05) is 73.0 Å². The minimum absolute atomic E-state index is 0.0508. The Balaban J connectivity index is 0.000000165. The molecular weight excluding hydrogens is 1280 g/mol. The first-order valence-electron chi connectivity index (χ1n) is 26.8. The maximum Gasteiger partial charge on any atom is 0.490 e. The van der Waals surface area contributed by atoms with Crippen molar-refractivity contribution in [1.29, 1.82) is 0 Å². The van der Waals surface area contributed by atoms with E-state index in [-0.39, 0.29) is 27.3 Å². The van der Waals surface area contributed by atoms with Crippen molar-refractivity contribution in [2.24, 2.45) is 0 Å². The maximum atomic E-state index is 15.4. The number of rotatable bonds is 10. The van der Waals surface area contributed by atoms with E-state index in [1.807, 2.05) is 36.1 Å². The molecule has 28 heteroatoms. The number of nitrogens with one attached hydrogen (secondary N) is 2. The Labute approximate surface area is 509 Å². The molecule has 0 aliphatic carbocycles. The van der Waals surface area contributed by atoms with Crippen LogP contribution in [0.1, 0.15) is 22.5 Å². The lowest BCUT2D eigenvalue weighted by Crippen LogP contribution is -2.36. The van der Waals surface area contributed by atoms with Gasteiger partial charge in [0.1, 0.15) is 46.3 Å². The number of alkyl halides is 6. The van der Waals surface area contributed by atoms with Gasteiger partial charge in [-0.05, 0) is 72.8 Å². The van der Waals surface area contributed by atoms with Crippen molar-refractivity contribution in [3.8, 4) is 33.9 Å². The van der Waals surface area contributed by atoms with Crippen molar-refractivity contribution in [3.05, 3.63) is 184 Å². The summed E-state index contributed by atoms with van der Waals surface area (Å²) < 4.78 is 146. The summed E-state index contributed by atoms with van der Waals surface area (Å²) in [5.41, 5.74) is 4.31. The first-order valence-corrected chi connectivity index (χ1v) is 27.9. The van der Waals surface area contributed by atoms with Crippen LogP contribution in [0.5, 0.6) is 0 Å². The van der Waals surface area contributed by atoms with E-state index in [1.54, 1.807) is 49.8 Å². The van der Waals surface area contributed by atoms with Gasteiger partial charge in [-0.25, -0.2) is 37.5 Å². The highest BCUT2D eigenvalue weighted by Gasteiger charge is 2.34. The molecule has 2 aliphatic heterocycles. The molecule has 2 aromatic carbocycles. The molecule has 2 aliphatic rings. The zero-order valence-electron chi connectivity index (χ0n) is 46.3. The molecule has 12 rings (SSSR count). The second-order valence-electron chi connectivity index (χ2n) is 19.8.